The van der Waals surface area contributed by atoms with Crippen LogP contribution in [0, 0.1) is 0 Å². The van der Waals surface area contributed by atoms with Gasteiger partial charge in [-0.15, -0.1) is 0 Å². The van der Waals surface area contributed by atoms with E-state index in [1.54, 1.807) is 0 Å². The fourth-order valence-electron chi connectivity index (χ4n) is 1.81. The van der Waals surface area contributed by atoms with Gasteiger partial charge in [0, 0.05) is 17.0 Å². The summed E-state index contributed by atoms with van der Waals surface area (Å²) < 4.78 is 0. The Morgan fingerprint density at radius 1 is 1.31 bits per heavy atom. The van der Waals surface area contributed by atoms with Gasteiger partial charge < -0.3 is 5.32 Å². The molecule has 1 saturated heterocycles. The highest BCUT2D eigenvalue weighted by Gasteiger charge is 2.17. The molecule has 2 unspecified atom stereocenters. The molecule has 0 spiro atoms. The normalized spacial score (nSPS) is 26.4. The van der Waals surface area contributed by atoms with Crippen LogP contribution in [0.2, 0.25) is 10.0 Å². The molecule has 1 aliphatic rings. The van der Waals surface area contributed by atoms with Gasteiger partial charge in [0.15, 0.2) is 0 Å². The van der Waals surface area contributed by atoms with Crippen LogP contribution < -0.4 is 5.32 Å². The molecule has 0 bridgehead atoms. The van der Waals surface area contributed by atoms with Gasteiger partial charge in [0.25, 0.3) is 0 Å². The molecule has 4 heteroatoms. The third kappa shape index (κ3) is 3.07. The van der Waals surface area contributed by atoms with E-state index in [4.69, 9.17) is 23.2 Å². The molecule has 1 N–H and O–H groups in total. The fraction of sp³-hybridized carbons (Fsp3) is 0.500. The lowest BCUT2D eigenvalue weighted by Gasteiger charge is -2.16. The first kappa shape index (κ1) is 12.6. The average molecular weight is 276 g/mol. The lowest BCUT2D eigenvalue weighted by atomic mass is 10.1. The van der Waals surface area contributed by atoms with E-state index < -0.39 is 0 Å². The van der Waals surface area contributed by atoms with Crippen molar-refractivity contribution < 1.29 is 0 Å². The minimum absolute atomic E-state index is 0.393. The maximum absolute atomic E-state index is 6.04. The second-order valence-electron chi connectivity index (χ2n) is 4.11. The van der Waals surface area contributed by atoms with E-state index in [2.05, 4.69) is 18.3 Å². The highest BCUT2D eigenvalue weighted by Crippen LogP contribution is 2.30. The van der Waals surface area contributed by atoms with E-state index in [-0.39, 0.29) is 0 Å². The summed E-state index contributed by atoms with van der Waals surface area (Å²) in [6.07, 6.45) is 1.22. The Morgan fingerprint density at radius 3 is 2.88 bits per heavy atom. The minimum Gasteiger partial charge on any atom is -0.309 e. The zero-order valence-corrected chi connectivity index (χ0v) is 11.5. The standard InChI is InChI=1S/C12H15Cl2NS/c1-8-4-5-15-12(7-16-8)9-2-3-10(13)11(14)6-9/h2-3,6,8,12,15H,4-5,7H2,1H3. The van der Waals surface area contributed by atoms with E-state index >= 15 is 0 Å². The molecule has 0 aromatic heterocycles. The molecule has 1 aliphatic heterocycles. The van der Waals surface area contributed by atoms with E-state index in [0.717, 1.165) is 17.5 Å². The summed E-state index contributed by atoms with van der Waals surface area (Å²) in [5, 5.41) is 5.56. The number of benzene rings is 1. The zero-order chi connectivity index (χ0) is 11.5. The molecule has 1 heterocycles. The first-order chi connectivity index (χ1) is 7.66. The third-order valence-electron chi connectivity index (χ3n) is 2.84. The predicted octanol–water partition coefficient (Wildman–Crippen LogP) is 4.15. The average Bonchev–Trinajstić information content (AvgIpc) is 2.47. The first-order valence-corrected chi connectivity index (χ1v) is 7.27. The number of nitrogens with one attached hydrogen (secondary N) is 1. The van der Waals surface area contributed by atoms with Gasteiger partial charge in [-0.3, -0.25) is 0 Å². The molecule has 88 valence electrons. The van der Waals surface area contributed by atoms with Gasteiger partial charge in [-0.1, -0.05) is 36.2 Å². The van der Waals surface area contributed by atoms with E-state index in [9.17, 15) is 0 Å². The number of hydrogen-bond donors (Lipinski definition) is 1. The van der Waals surface area contributed by atoms with E-state index in [1.165, 1.54) is 12.0 Å². The van der Waals surface area contributed by atoms with Gasteiger partial charge in [-0.25, -0.2) is 0 Å². The lowest BCUT2D eigenvalue weighted by Crippen LogP contribution is -2.22. The van der Waals surface area contributed by atoms with Crippen molar-refractivity contribution in [2.75, 3.05) is 12.3 Å². The van der Waals surface area contributed by atoms with Crippen molar-refractivity contribution in [1.82, 2.24) is 5.32 Å². The molecule has 0 amide bonds. The predicted molar refractivity (Wildman–Crippen MR) is 73.7 cm³/mol. The second-order valence-corrected chi connectivity index (χ2v) is 6.40. The molecule has 16 heavy (non-hydrogen) atoms. The van der Waals surface area contributed by atoms with Crippen LogP contribution in [0.25, 0.3) is 0 Å². The Bertz CT molecular complexity index is 370. The molecule has 0 radical (unpaired) electrons. The quantitative estimate of drug-likeness (QED) is 0.827. The maximum Gasteiger partial charge on any atom is 0.0595 e. The van der Waals surface area contributed by atoms with Crippen LogP contribution in [0.15, 0.2) is 18.2 Å². The molecule has 2 atom stereocenters. The summed E-state index contributed by atoms with van der Waals surface area (Å²) in [4.78, 5) is 0. The van der Waals surface area contributed by atoms with Crippen molar-refractivity contribution in [2.24, 2.45) is 0 Å². The minimum atomic E-state index is 0.393. The molecule has 1 fully saturated rings. The van der Waals surface area contributed by atoms with E-state index in [1.807, 2.05) is 23.9 Å². The second kappa shape index (κ2) is 5.63. The van der Waals surface area contributed by atoms with Crippen molar-refractivity contribution in [3.8, 4) is 0 Å². The Labute approximate surface area is 111 Å². The van der Waals surface area contributed by atoms with Crippen LogP contribution in [0.3, 0.4) is 0 Å². The Hall–Kier alpha value is 0.110. The number of thioether (sulfide) groups is 1. The topological polar surface area (TPSA) is 12.0 Å². The van der Waals surface area contributed by atoms with Crippen molar-refractivity contribution in [3.63, 3.8) is 0 Å². The summed E-state index contributed by atoms with van der Waals surface area (Å²) >= 11 is 14.0. The highest BCUT2D eigenvalue weighted by atomic mass is 35.5. The smallest absolute Gasteiger partial charge is 0.0595 e. The first-order valence-electron chi connectivity index (χ1n) is 5.47. The highest BCUT2D eigenvalue weighted by molar-refractivity contribution is 7.99. The molecular formula is C12H15Cl2NS. The van der Waals surface area contributed by atoms with Gasteiger partial charge in [-0.2, -0.15) is 11.8 Å². The zero-order valence-electron chi connectivity index (χ0n) is 9.17. The summed E-state index contributed by atoms with van der Waals surface area (Å²) in [5.41, 5.74) is 1.23. The van der Waals surface area contributed by atoms with E-state index in [0.29, 0.717) is 16.1 Å². The molecule has 0 aliphatic carbocycles. The largest absolute Gasteiger partial charge is 0.309 e. The Morgan fingerprint density at radius 2 is 2.12 bits per heavy atom. The SMILES string of the molecule is CC1CCNC(c2ccc(Cl)c(Cl)c2)CS1. The van der Waals surface area contributed by atoms with Crippen LogP contribution in [0.5, 0.6) is 0 Å². The Balaban J connectivity index is 2.13. The molecule has 1 aromatic carbocycles. The van der Waals surface area contributed by atoms with Crippen LogP contribution in [-0.2, 0) is 0 Å². The lowest BCUT2D eigenvalue weighted by molar-refractivity contribution is 0.579. The number of halogens is 2. The van der Waals surface area contributed by atoms with Crippen LogP contribution in [-0.4, -0.2) is 17.5 Å². The van der Waals surface area contributed by atoms with Crippen molar-refractivity contribution in [1.29, 1.82) is 0 Å². The van der Waals surface area contributed by atoms with Gasteiger partial charge in [0.05, 0.1) is 10.0 Å². The number of rotatable bonds is 1. The van der Waals surface area contributed by atoms with Gasteiger partial charge in [0.2, 0.25) is 0 Å². The Kier molecular flexibility index (Phi) is 4.42. The van der Waals surface area contributed by atoms with Crippen molar-refractivity contribution >= 4 is 35.0 Å². The van der Waals surface area contributed by atoms with Crippen molar-refractivity contribution in [2.45, 2.75) is 24.6 Å². The molecule has 1 nitrogen and oxygen atoms in total. The number of hydrogen-bond acceptors (Lipinski definition) is 2. The van der Waals surface area contributed by atoms with Crippen molar-refractivity contribution in [3.05, 3.63) is 33.8 Å². The maximum atomic E-state index is 6.04. The van der Waals surface area contributed by atoms with Crippen LogP contribution >= 0.6 is 35.0 Å². The summed E-state index contributed by atoms with van der Waals surface area (Å²) in [5.74, 6) is 1.10. The molecular weight excluding hydrogens is 261 g/mol. The molecule has 0 saturated carbocycles. The fourth-order valence-corrected chi connectivity index (χ4v) is 3.23. The van der Waals surface area contributed by atoms with Gasteiger partial charge in [-0.05, 0) is 30.7 Å². The van der Waals surface area contributed by atoms with Crippen LogP contribution in [0.1, 0.15) is 24.9 Å². The summed E-state index contributed by atoms with van der Waals surface area (Å²) in [7, 11) is 0. The summed E-state index contributed by atoms with van der Waals surface area (Å²) in [6, 6.07) is 6.30. The van der Waals surface area contributed by atoms with Gasteiger partial charge in [0.1, 0.15) is 0 Å². The third-order valence-corrected chi connectivity index (χ3v) is 4.90. The molecule has 2 rings (SSSR count). The monoisotopic (exact) mass is 275 g/mol. The summed E-state index contributed by atoms with van der Waals surface area (Å²) in [6.45, 7) is 3.35. The molecule has 1 aromatic rings. The van der Waals surface area contributed by atoms with Gasteiger partial charge >= 0.3 is 0 Å². The van der Waals surface area contributed by atoms with Crippen LogP contribution in [0.4, 0.5) is 0 Å².